The first-order valence-corrected chi connectivity index (χ1v) is 4.57. The minimum absolute atomic E-state index is 0.0682. The second-order valence-electron chi connectivity index (χ2n) is 3.39. The summed E-state index contributed by atoms with van der Waals surface area (Å²) in [5.41, 5.74) is 1.07. The van der Waals surface area contributed by atoms with Gasteiger partial charge < -0.3 is 9.47 Å². The highest BCUT2D eigenvalue weighted by molar-refractivity contribution is 5.77. The van der Waals surface area contributed by atoms with Gasteiger partial charge in [0, 0.05) is 11.5 Å². The molecule has 0 spiro atoms. The van der Waals surface area contributed by atoms with Crippen LogP contribution in [-0.2, 0) is 9.53 Å². The van der Waals surface area contributed by atoms with Crippen LogP contribution in [-0.4, -0.2) is 19.2 Å². The summed E-state index contributed by atoms with van der Waals surface area (Å²) in [6, 6.07) is 7.68. The Kier molecular flexibility index (Phi) is 2.15. The van der Waals surface area contributed by atoms with Crippen LogP contribution in [0.2, 0.25) is 0 Å². The third-order valence-electron chi connectivity index (χ3n) is 2.55. The average Bonchev–Trinajstić information content (AvgIpc) is 2.56. The minimum Gasteiger partial charge on any atom is -0.478 e. The van der Waals surface area contributed by atoms with E-state index >= 15 is 0 Å². The molecule has 1 aliphatic rings. The number of fused-ring (bicyclic) bond motifs is 1. The predicted octanol–water partition coefficient (Wildman–Crippen LogP) is 1.72. The molecule has 0 aromatic heterocycles. The Bertz CT molecular complexity index is 359. The Hall–Kier alpha value is -1.51. The Labute approximate surface area is 82.6 Å². The number of ether oxygens (including phenoxy) is 2. The van der Waals surface area contributed by atoms with Crippen LogP contribution >= 0.6 is 0 Å². The molecule has 2 rings (SSSR count). The number of rotatable bonds is 1. The van der Waals surface area contributed by atoms with Gasteiger partial charge in [-0.1, -0.05) is 25.1 Å². The van der Waals surface area contributed by atoms with Crippen molar-refractivity contribution in [3.05, 3.63) is 29.8 Å². The van der Waals surface area contributed by atoms with Crippen molar-refractivity contribution in [2.75, 3.05) is 7.11 Å². The number of esters is 1. The van der Waals surface area contributed by atoms with Crippen molar-refractivity contribution in [2.45, 2.75) is 18.9 Å². The smallest absolute Gasteiger partial charge is 0.347 e. The van der Waals surface area contributed by atoms with Crippen LogP contribution in [0.1, 0.15) is 18.4 Å². The highest BCUT2D eigenvalue weighted by Crippen LogP contribution is 2.37. The first kappa shape index (κ1) is 9.06. The molecule has 1 aliphatic heterocycles. The normalized spacial score (nSPS) is 23.9. The molecular formula is C11H12O3. The topological polar surface area (TPSA) is 35.5 Å². The zero-order valence-corrected chi connectivity index (χ0v) is 8.19. The van der Waals surface area contributed by atoms with E-state index in [1.165, 1.54) is 7.11 Å². The molecule has 1 aromatic rings. The van der Waals surface area contributed by atoms with E-state index in [4.69, 9.17) is 4.74 Å². The number of carbonyl (C=O) groups excluding carboxylic acids is 1. The van der Waals surface area contributed by atoms with Crippen LogP contribution in [0.3, 0.4) is 0 Å². The molecule has 0 fully saturated rings. The van der Waals surface area contributed by atoms with Crippen molar-refractivity contribution in [1.29, 1.82) is 0 Å². The van der Waals surface area contributed by atoms with Gasteiger partial charge in [-0.05, 0) is 6.07 Å². The molecule has 0 bridgehead atoms. The summed E-state index contributed by atoms with van der Waals surface area (Å²) in [4.78, 5) is 11.3. The number of carbonyl (C=O) groups is 1. The van der Waals surface area contributed by atoms with Crippen molar-refractivity contribution in [1.82, 2.24) is 0 Å². The van der Waals surface area contributed by atoms with Crippen molar-refractivity contribution < 1.29 is 14.3 Å². The molecule has 0 N–H and O–H groups in total. The van der Waals surface area contributed by atoms with Crippen LogP contribution < -0.4 is 4.74 Å². The summed E-state index contributed by atoms with van der Waals surface area (Å²) in [5.74, 6) is 0.544. The van der Waals surface area contributed by atoms with Crippen LogP contribution in [0, 0.1) is 0 Å². The Morgan fingerprint density at radius 2 is 2.14 bits per heavy atom. The van der Waals surface area contributed by atoms with E-state index in [2.05, 4.69) is 4.74 Å². The molecular weight excluding hydrogens is 180 g/mol. The Balaban J connectivity index is 2.30. The third-order valence-corrected chi connectivity index (χ3v) is 2.55. The lowest BCUT2D eigenvalue weighted by Crippen LogP contribution is -2.28. The van der Waals surface area contributed by atoms with Crippen LogP contribution in [0.5, 0.6) is 5.75 Å². The zero-order chi connectivity index (χ0) is 10.1. The average molecular weight is 192 g/mol. The van der Waals surface area contributed by atoms with E-state index in [0.717, 1.165) is 11.3 Å². The van der Waals surface area contributed by atoms with Gasteiger partial charge in [0.1, 0.15) is 5.75 Å². The highest BCUT2D eigenvalue weighted by atomic mass is 16.6. The Morgan fingerprint density at radius 3 is 2.79 bits per heavy atom. The van der Waals surface area contributed by atoms with E-state index in [9.17, 15) is 4.79 Å². The van der Waals surface area contributed by atoms with Gasteiger partial charge in [0.15, 0.2) is 0 Å². The fourth-order valence-corrected chi connectivity index (χ4v) is 1.73. The molecule has 0 aliphatic carbocycles. The van der Waals surface area contributed by atoms with Crippen LogP contribution in [0.4, 0.5) is 0 Å². The number of hydrogen-bond donors (Lipinski definition) is 0. The SMILES string of the molecule is COC(=O)[C@H]1Oc2ccccc2[C@H]1C. The zero-order valence-electron chi connectivity index (χ0n) is 8.19. The maximum atomic E-state index is 11.3. The van der Waals surface area contributed by atoms with Gasteiger partial charge in [-0.25, -0.2) is 4.79 Å². The van der Waals surface area contributed by atoms with Gasteiger partial charge in [0.05, 0.1) is 7.11 Å². The van der Waals surface area contributed by atoms with Crippen molar-refractivity contribution >= 4 is 5.97 Å². The first-order valence-electron chi connectivity index (χ1n) is 4.57. The molecule has 0 saturated carbocycles. The summed E-state index contributed by atoms with van der Waals surface area (Å²) in [6.45, 7) is 1.97. The van der Waals surface area contributed by atoms with Crippen LogP contribution in [0.15, 0.2) is 24.3 Å². The molecule has 1 heterocycles. The van der Waals surface area contributed by atoms with Crippen molar-refractivity contribution in [3.63, 3.8) is 0 Å². The largest absolute Gasteiger partial charge is 0.478 e. The summed E-state index contributed by atoms with van der Waals surface area (Å²) < 4.78 is 10.2. The van der Waals surface area contributed by atoms with Crippen molar-refractivity contribution in [3.8, 4) is 5.75 Å². The molecule has 3 nitrogen and oxygen atoms in total. The van der Waals surface area contributed by atoms with Crippen LogP contribution in [0.25, 0.3) is 0 Å². The van der Waals surface area contributed by atoms with E-state index in [-0.39, 0.29) is 11.9 Å². The van der Waals surface area contributed by atoms with Gasteiger partial charge in [-0.2, -0.15) is 0 Å². The molecule has 0 radical (unpaired) electrons. The van der Waals surface area contributed by atoms with Gasteiger partial charge in [0.25, 0.3) is 0 Å². The lowest BCUT2D eigenvalue weighted by atomic mass is 9.98. The molecule has 14 heavy (non-hydrogen) atoms. The highest BCUT2D eigenvalue weighted by Gasteiger charge is 2.36. The maximum Gasteiger partial charge on any atom is 0.347 e. The van der Waals surface area contributed by atoms with Gasteiger partial charge in [0.2, 0.25) is 6.10 Å². The number of para-hydroxylation sites is 1. The molecule has 3 heteroatoms. The van der Waals surface area contributed by atoms with E-state index in [0.29, 0.717) is 0 Å². The molecule has 2 atom stereocenters. The Morgan fingerprint density at radius 1 is 1.43 bits per heavy atom. The van der Waals surface area contributed by atoms with Gasteiger partial charge in [-0.15, -0.1) is 0 Å². The molecule has 0 unspecified atom stereocenters. The maximum absolute atomic E-state index is 11.3. The quantitative estimate of drug-likeness (QED) is 0.635. The summed E-state index contributed by atoms with van der Waals surface area (Å²) >= 11 is 0. The van der Waals surface area contributed by atoms with E-state index in [1.807, 2.05) is 31.2 Å². The fraction of sp³-hybridized carbons (Fsp3) is 0.364. The van der Waals surface area contributed by atoms with E-state index < -0.39 is 6.10 Å². The number of hydrogen-bond acceptors (Lipinski definition) is 3. The molecule has 1 aromatic carbocycles. The lowest BCUT2D eigenvalue weighted by Gasteiger charge is -2.11. The van der Waals surface area contributed by atoms with E-state index in [1.54, 1.807) is 0 Å². The second kappa shape index (κ2) is 3.33. The summed E-state index contributed by atoms with van der Waals surface area (Å²) in [7, 11) is 1.38. The number of methoxy groups -OCH3 is 1. The molecule has 0 saturated heterocycles. The predicted molar refractivity (Wildman–Crippen MR) is 51.3 cm³/mol. The summed E-state index contributed by atoms with van der Waals surface area (Å²) in [6.07, 6.45) is -0.489. The second-order valence-corrected chi connectivity index (χ2v) is 3.39. The van der Waals surface area contributed by atoms with Gasteiger partial charge in [-0.3, -0.25) is 0 Å². The lowest BCUT2D eigenvalue weighted by molar-refractivity contribution is -0.148. The minimum atomic E-state index is -0.489. The number of benzene rings is 1. The molecule has 0 amide bonds. The first-order chi connectivity index (χ1) is 6.74. The summed E-state index contributed by atoms with van der Waals surface area (Å²) in [5, 5.41) is 0. The van der Waals surface area contributed by atoms with Gasteiger partial charge >= 0.3 is 5.97 Å². The third kappa shape index (κ3) is 1.25. The monoisotopic (exact) mass is 192 g/mol. The molecule has 74 valence electrons. The van der Waals surface area contributed by atoms with Crippen molar-refractivity contribution in [2.24, 2.45) is 0 Å². The fourth-order valence-electron chi connectivity index (χ4n) is 1.73. The standard InChI is InChI=1S/C11H12O3/c1-7-8-5-3-4-6-9(8)14-10(7)11(12)13-2/h3-7,10H,1-2H3/t7-,10+/m1/s1.